The smallest absolute Gasteiger partial charge is 0.224 e. The topological polar surface area (TPSA) is 41.1 Å². The Morgan fingerprint density at radius 2 is 2.06 bits per heavy atom. The number of amides is 1. The Hall–Kier alpha value is -1.42. The third-order valence-electron chi connectivity index (χ3n) is 2.77. The van der Waals surface area contributed by atoms with Gasteiger partial charge in [-0.3, -0.25) is 4.79 Å². The Morgan fingerprint density at radius 3 is 2.76 bits per heavy atom. The fraction of sp³-hybridized carbons (Fsp3) is 0.462. The minimum absolute atomic E-state index is 0.107. The van der Waals surface area contributed by atoms with Gasteiger partial charge in [0.2, 0.25) is 5.91 Å². The van der Waals surface area contributed by atoms with E-state index in [-0.39, 0.29) is 18.1 Å². The molecule has 1 aliphatic rings. The van der Waals surface area contributed by atoms with Crippen LogP contribution in [0.2, 0.25) is 0 Å². The largest absolute Gasteiger partial charge is 0.355 e. The molecule has 4 heteroatoms. The first kappa shape index (κ1) is 12.0. The Bertz CT molecular complexity index is 391. The van der Waals surface area contributed by atoms with Gasteiger partial charge in [0.1, 0.15) is 5.82 Å². The van der Waals surface area contributed by atoms with Crippen LogP contribution in [0.5, 0.6) is 0 Å². The Balaban J connectivity index is 1.67. The van der Waals surface area contributed by atoms with Crippen molar-refractivity contribution in [2.45, 2.75) is 25.3 Å². The summed E-state index contributed by atoms with van der Waals surface area (Å²) in [4.78, 5) is 11.5. The van der Waals surface area contributed by atoms with Gasteiger partial charge in [-0.1, -0.05) is 18.2 Å². The molecule has 0 aliphatic heterocycles. The lowest BCUT2D eigenvalue weighted by atomic mass is 10.1. The van der Waals surface area contributed by atoms with E-state index in [0.29, 0.717) is 18.2 Å². The van der Waals surface area contributed by atoms with Crippen LogP contribution >= 0.6 is 0 Å². The lowest BCUT2D eigenvalue weighted by molar-refractivity contribution is -0.120. The monoisotopic (exact) mass is 236 g/mol. The van der Waals surface area contributed by atoms with E-state index in [0.717, 1.165) is 6.54 Å². The number of carbonyl (C=O) groups is 1. The number of nitrogens with one attached hydrogen (secondary N) is 2. The van der Waals surface area contributed by atoms with Gasteiger partial charge in [-0.2, -0.15) is 0 Å². The molecule has 1 aromatic carbocycles. The molecule has 0 radical (unpaired) electrons. The first-order valence-electron chi connectivity index (χ1n) is 5.99. The van der Waals surface area contributed by atoms with Crippen molar-refractivity contribution in [1.82, 2.24) is 10.6 Å². The zero-order valence-electron chi connectivity index (χ0n) is 9.71. The van der Waals surface area contributed by atoms with E-state index < -0.39 is 0 Å². The molecule has 1 aliphatic carbocycles. The summed E-state index contributed by atoms with van der Waals surface area (Å²) in [5, 5.41) is 6.07. The standard InChI is InChI=1S/C13H17FN2O/c14-12-4-2-1-3-10(12)9-13(17)16-8-7-15-11-5-6-11/h1-4,11,15H,5-9H2,(H,16,17). The van der Waals surface area contributed by atoms with Crippen LogP contribution in [0.15, 0.2) is 24.3 Å². The van der Waals surface area contributed by atoms with E-state index in [1.54, 1.807) is 18.2 Å². The predicted molar refractivity (Wildman–Crippen MR) is 64.1 cm³/mol. The van der Waals surface area contributed by atoms with Crippen molar-refractivity contribution in [1.29, 1.82) is 0 Å². The van der Waals surface area contributed by atoms with Gasteiger partial charge in [-0.25, -0.2) is 4.39 Å². The van der Waals surface area contributed by atoms with Crippen LogP contribution in [0.4, 0.5) is 4.39 Å². The molecule has 2 rings (SSSR count). The SMILES string of the molecule is O=C(Cc1ccccc1F)NCCNC1CC1. The van der Waals surface area contributed by atoms with Crippen LogP contribution in [-0.2, 0) is 11.2 Å². The maximum Gasteiger partial charge on any atom is 0.224 e. The molecule has 1 saturated carbocycles. The fourth-order valence-electron chi connectivity index (χ4n) is 1.64. The molecule has 92 valence electrons. The van der Waals surface area contributed by atoms with Crippen LogP contribution in [0.3, 0.4) is 0 Å². The molecule has 0 atom stereocenters. The number of halogens is 1. The summed E-state index contributed by atoms with van der Waals surface area (Å²) in [6, 6.07) is 7.02. The summed E-state index contributed by atoms with van der Waals surface area (Å²) in [5.74, 6) is -0.452. The van der Waals surface area contributed by atoms with Crippen molar-refractivity contribution in [3.63, 3.8) is 0 Å². The molecule has 0 unspecified atom stereocenters. The summed E-state index contributed by atoms with van der Waals surface area (Å²) in [6.45, 7) is 1.39. The van der Waals surface area contributed by atoms with E-state index in [9.17, 15) is 9.18 Å². The summed E-state index contributed by atoms with van der Waals surface area (Å²) in [7, 11) is 0. The molecule has 1 aromatic rings. The number of hydrogen-bond donors (Lipinski definition) is 2. The molecule has 0 bridgehead atoms. The minimum atomic E-state index is -0.321. The number of benzene rings is 1. The van der Waals surface area contributed by atoms with Gasteiger partial charge in [-0.15, -0.1) is 0 Å². The van der Waals surface area contributed by atoms with Crippen LogP contribution in [0.1, 0.15) is 18.4 Å². The third-order valence-corrected chi connectivity index (χ3v) is 2.77. The predicted octanol–water partition coefficient (Wildman–Crippen LogP) is 1.24. The Kier molecular flexibility index (Phi) is 4.09. The van der Waals surface area contributed by atoms with Gasteiger partial charge in [0.15, 0.2) is 0 Å². The molecule has 0 aromatic heterocycles. The second-order valence-electron chi connectivity index (χ2n) is 4.35. The van der Waals surface area contributed by atoms with Gasteiger partial charge < -0.3 is 10.6 Å². The maximum atomic E-state index is 13.3. The summed E-state index contributed by atoms with van der Waals surface area (Å²) in [5.41, 5.74) is 0.445. The Morgan fingerprint density at radius 1 is 1.29 bits per heavy atom. The van der Waals surface area contributed by atoms with Crippen LogP contribution < -0.4 is 10.6 Å². The van der Waals surface area contributed by atoms with Gasteiger partial charge in [-0.05, 0) is 24.5 Å². The highest BCUT2D eigenvalue weighted by Crippen LogP contribution is 2.17. The second-order valence-corrected chi connectivity index (χ2v) is 4.35. The van der Waals surface area contributed by atoms with Crippen molar-refractivity contribution in [2.75, 3.05) is 13.1 Å². The van der Waals surface area contributed by atoms with Crippen LogP contribution in [0, 0.1) is 5.82 Å². The van der Waals surface area contributed by atoms with Crippen molar-refractivity contribution in [3.05, 3.63) is 35.6 Å². The van der Waals surface area contributed by atoms with Crippen molar-refractivity contribution in [2.24, 2.45) is 0 Å². The third kappa shape index (κ3) is 4.15. The number of hydrogen-bond acceptors (Lipinski definition) is 2. The van der Waals surface area contributed by atoms with Crippen molar-refractivity contribution >= 4 is 5.91 Å². The number of carbonyl (C=O) groups excluding carboxylic acids is 1. The molecule has 1 amide bonds. The average molecular weight is 236 g/mol. The first-order chi connectivity index (χ1) is 8.25. The normalized spacial score (nSPS) is 14.6. The molecule has 1 fully saturated rings. The zero-order chi connectivity index (χ0) is 12.1. The van der Waals surface area contributed by atoms with E-state index >= 15 is 0 Å². The van der Waals surface area contributed by atoms with Gasteiger partial charge in [0, 0.05) is 19.1 Å². The van der Waals surface area contributed by atoms with Crippen LogP contribution in [-0.4, -0.2) is 25.0 Å². The van der Waals surface area contributed by atoms with E-state index in [1.807, 2.05) is 0 Å². The van der Waals surface area contributed by atoms with Gasteiger partial charge in [0.05, 0.1) is 6.42 Å². The quantitative estimate of drug-likeness (QED) is 0.730. The molecule has 17 heavy (non-hydrogen) atoms. The lowest BCUT2D eigenvalue weighted by Gasteiger charge is -2.06. The summed E-state index contributed by atoms with van der Waals surface area (Å²) in [6.07, 6.45) is 2.59. The fourth-order valence-corrected chi connectivity index (χ4v) is 1.64. The molecular weight excluding hydrogens is 219 g/mol. The zero-order valence-corrected chi connectivity index (χ0v) is 9.71. The average Bonchev–Trinajstić information content (AvgIpc) is 3.12. The minimum Gasteiger partial charge on any atom is -0.355 e. The lowest BCUT2D eigenvalue weighted by Crippen LogP contribution is -2.33. The summed E-state index contributed by atoms with van der Waals surface area (Å²) >= 11 is 0. The molecule has 3 nitrogen and oxygen atoms in total. The van der Waals surface area contributed by atoms with E-state index in [2.05, 4.69) is 10.6 Å². The van der Waals surface area contributed by atoms with Crippen molar-refractivity contribution in [3.8, 4) is 0 Å². The highest BCUT2D eigenvalue weighted by Gasteiger charge is 2.19. The van der Waals surface area contributed by atoms with Gasteiger partial charge in [0.25, 0.3) is 0 Å². The molecule has 0 spiro atoms. The van der Waals surface area contributed by atoms with Crippen LogP contribution in [0.25, 0.3) is 0 Å². The van der Waals surface area contributed by atoms with Crippen molar-refractivity contribution < 1.29 is 9.18 Å². The molecule has 2 N–H and O–H groups in total. The first-order valence-corrected chi connectivity index (χ1v) is 5.99. The van der Waals surface area contributed by atoms with E-state index in [1.165, 1.54) is 18.9 Å². The van der Waals surface area contributed by atoms with E-state index in [4.69, 9.17) is 0 Å². The highest BCUT2D eigenvalue weighted by molar-refractivity contribution is 5.78. The second kappa shape index (κ2) is 5.77. The molecular formula is C13H17FN2O. The number of rotatable bonds is 6. The molecule has 0 saturated heterocycles. The summed E-state index contributed by atoms with van der Waals surface area (Å²) < 4.78 is 13.3. The molecule has 0 heterocycles. The Labute approximate surface area is 100 Å². The highest BCUT2D eigenvalue weighted by atomic mass is 19.1. The maximum absolute atomic E-state index is 13.3. The van der Waals surface area contributed by atoms with Gasteiger partial charge >= 0.3 is 0 Å².